The van der Waals surface area contributed by atoms with E-state index < -0.39 is 0 Å². The summed E-state index contributed by atoms with van der Waals surface area (Å²) in [7, 11) is 0. The van der Waals surface area contributed by atoms with Crippen LogP contribution in [0.2, 0.25) is 0 Å². The number of rotatable bonds is 3. The van der Waals surface area contributed by atoms with E-state index in [1.165, 1.54) is 11.1 Å². The lowest BCUT2D eigenvalue weighted by Gasteiger charge is -2.44. The summed E-state index contributed by atoms with van der Waals surface area (Å²) in [6.45, 7) is 6.60. The molecule has 22 heavy (non-hydrogen) atoms. The molecule has 0 saturated carbocycles. The normalized spacial score (nSPS) is 23.1. The van der Waals surface area contributed by atoms with Gasteiger partial charge in [0.05, 0.1) is 25.2 Å². The van der Waals surface area contributed by atoms with Crippen molar-refractivity contribution in [3.63, 3.8) is 0 Å². The molecule has 120 valence electrons. The summed E-state index contributed by atoms with van der Waals surface area (Å²) in [6, 6.07) is 6.24. The summed E-state index contributed by atoms with van der Waals surface area (Å²) < 4.78 is 16.9. The Hall–Kier alpha value is -1.39. The second-order valence-corrected chi connectivity index (χ2v) is 6.18. The fourth-order valence-electron chi connectivity index (χ4n) is 3.67. The van der Waals surface area contributed by atoms with Crippen molar-refractivity contribution in [3.8, 4) is 0 Å². The number of benzene rings is 1. The first-order valence-electron chi connectivity index (χ1n) is 8.16. The third-order valence-corrected chi connectivity index (χ3v) is 4.73. The van der Waals surface area contributed by atoms with E-state index in [4.69, 9.17) is 14.2 Å². The molecule has 1 saturated heterocycles. The Morgan fingerprint density at radius 1 is 1.36 bits per heavy atom. The predicted molar refractivity (Wildman–Crippen MR) is 82.9 cm³/mol. The van der Waals surface area contributed by atoms with E-state index in [0.717, 1.165) is 31.6 Å². The molecule has 0 aromatic heterocycles. The maximum atomic E-state index is 11.9. The quantitative estimate of drug-likeness (QED) is 0.805. The van der Waals surface area contributed by atoms with Crippen molar-refractivity contribution in [3.05, 3.63) is 34.9 Å². The molecule has 0 unspecified atom stereocenters. The standard InChI is InChI=1S/C18H24O4/c1-3-21-16(19)11-14-5-4-6-15-17(14)13(2)12-22-18(15)7-9-20-10-8-18/h4-6,13H,3,7-12H2,1-2H3/t13-/m1/s1. The van der Waals surface area contributed by atoms with Crippen LogP contribution in [0.5, 0.6) is 0 Å². The summed E-state index contributed by atoms with van der Waals surface area (Å²) >= 11 is 0. The van der Waals surface area contributed by atoms with Crippen LogP contribution in [0.15, 0.2) is 18.2 Å². The first-order valence-corrected chi connectivity index (χ1v) is 8.16. The van der Waals surface area contributed by atoms with E-state index in [9.17, 15) is 4.79 Å². The van der Waals surface area contributed by atoms with Gasteiger partial charge in [-0.25, -0.2) is 0 Å². The highest BCUT2D eigenvalue weighted by molar-refractivity contribution is 5.73. The molecular weight excluding hydrogens is 280 g/mol. The highest BCUT2D eigenvalue weighted by Gasteiger charge is 2.42. The van der Waals surface area contributed by atoms with Crippen molar-refractivity contribution in [2.75, 3.05) is 26.4 Å². The minimum atomic E-state index is -0.231. The van der Waals surface area contributed by atoms with Gasteiger partial charge in [-0.3, -0.25) is 4.79 Å². The van der Waals surface area contributed by atoms with Crippen LogP contribution in [0, 0.1) is 0 Å². The SMILES string of the molecule is CCOC(=O)Cc1cccc2c1[C@H](C)COC21CCOCC1. The summed E-state index contributed by atoms with van der Waals surface area (Å²) in [5.41, 5.74) is 3.38. The van der Waals surface area contributed by atoms with Crippen molar-refractivity contribution in [2.45, 2.75) is 44.6 Å². The maximum Gasteiger partial charge on any atom is 0.310 e. The zero-order chi connectivity index (χ0) is 15.6. The Bertz CT molecular complexity index is 546. The maximum absolute atomic E-state index is 11.9. The molecule has 2 heterocycles. The number of esters is 1. The van der Waals surface area contributed by atoms with Gasteiger partial charge < -0.3 is 14.2 Å². The van der Waals surface area contributed by atoms with Crippen molar-refractivity contribution < 1.29 is 19.0 Å². The fraction of sp³-hybridized carbons (Fsp3) is 0.611. The molecular formula is C18H24O4. The molecule has 0 N–H and O–H groups in total. The Morgan fingerprint density at radius 2 is 2.14 bits per heavy atom. The van der Waals surface area contributed by atoms with Gasteiger partial charge in [-0.05, 0) is 23.6 Å². The topological polar surface area (TPSA) is 44.8 Å². The van der Waals surface area contributed by atoms with Gasteiger partial charge in [0.2, 0.25) is 0 Å². The zero-order valence-electron chi connectivity index (χ0n) is 13.4. The van der Waals surface area contributed by atoms with Gasteiger partial charge in [0.1, 0.15) is 0 Å². The lowest BCUT2D eigenvalue weighted by Crippen LogP contribution is -2.42. The number of carbonyl (C=O) groups is 1. The number of ether oxygens (including phenoxy) is 3. The van der Waals surface area contributed by atoms with Gasteiger partial charge in [0, 0.05) is 32.0 Å². The average Bonchev–Trinajstić information content (AvgIpc) is 2.53. The Balaban J connectivity index is 1.98. The van der Waals surface area contributed by atoms with E-state index in [0.29, 0.717) is 25.6 Å². The minimum Gasteiger partial charge on any atom is -0.466 e. The van der Waals surface area contributed by atoms with Crippen LogP contribution in [-0.4, -0.2) is 32.4 Å². The number of hydrogen-bond donors (Lipinski definition) is 0. The van der Waals surface area contributed by atoms with Crippen molar-refractivity contribution in [1.29, 1.82) is 0 Å². The van der Waals surface area contributed by atoms with E-state index in [1.807, 2.05) is 19.1 Å². The molecule has 1 fully saturated rings. The molecule has 4 nitrogen and oxygen atoms in total. The Morgan fingerprint density at radius 3 is 2.86 bits per heavy atom. The summed E-state index contributed by atoms with van der Waals surface area (Å²) in [4.78, 5) is 11.9. The van der Waals surface area contributed by atoms with Gasteiger partial charge in [-0.1, -0.05) is 25.1 Å². The number of hydrogen-bond acceptors (Lipinski definition) is 4. The summed E-state index contributed by atoms with van der Waals surface area (Å²) in [6.07, 6.45) is 2.11. The molecule has 0 bridgehead atoms. The molecule has 2 aliphatic rings. The zero-order valence-corrected chi connectivity index (χ0v) is 13.4. The largest absolute Gasteiger partial charge is 0.466 e. The smallest absolute Gasteiger partial charge is 0.310 e. The van der Waals surface area contributed by atoms with E-state index in [1.54, 1.807) is 0 Å². The van der Waals surface area contributed by atoms with Gasteiger partial charge in [0.25, 0.3) is 0 Å². The molecule has 3 rings (SSSR count). The molecule has 2 aliphatic heterocycles. The Kier molecular flexibility index (Phi) is 4.50. The summed E-state index contributed by atoms with van der Waals surface area (Å²) in [5, 5.41) is 0. The lowest BCUT2D eigenvalue weighted by molar-refractivity contribution is -0.142. The molecule has 0 radical (unpaired) electrons. The number of fused-ring (bicyclic) bond motifs is 2. The molecule has 4 heteroatoms. The van der Waals surface area contributed by atoms with Crippen LogP contribution in [-0.2, 0) is 31.0 Å². The molecule has 1 aromatic carbocycles. The second kappa shape index (κ2) is 6.39. The third-order valence-electron chi connectivity index (χ3n) is 4.73. The highest BCUT2D eigenvalue weighted by atomic mass is 16.5. The number of carbonyl (C=O) groups excluding carboxylic acids is 1. The lowest BCUT2D eigenvalue weighted by atomic mass is 9.76. The van der Waals surface area contributed by atoms with Crippen LogP contribution < -0.4 is 0 Å². The van der Waals surface area contributed by atoms with E-state index >= 15 is 0 Å². The third kappa shape index (κ3) is 2.77. The first-order chi connectivity index (χ1) is 10.7. The van der Waals surface area contributed by atoms with Gasteiger partial charge in [-0.15, -0.1) is 0 Å². The first kappa shape index (κ1) is 15.5. The Labute approximate surface area is 131 Å². The van der Waals surface area contributed by atoms with E-state index in [2.05, 4.69) is 13.0 Å². The molecule has 1 atom stereocenters. The van der Waals surface area contributed by atoms with Crippen LogP contribution in [0.1, 0.15) is 49.3 Å². The van der Waals surface area contributed by atoms with Crippen LogP contribution >= 0.6 is 0 Å². The fourth-order valence-corrected chi connectivity index (χ4v) is 3.67. The van der Waals surface area contributed by atoms with E-state index in [-0.39, 0.29) is 11.6 Å². The molecule has 0 aliphatic carbocycles. The highest BCUT2D eigenvalue weighted by Crippen LogP contribution is 2.45. The minimum absolute atomic E-state index is 0.157. The summed E-state index contributed by atoms with van der Waals surface area (Å²) in [5.74, 6) is 0.143. The van der Waals surface area contributed by atoms with Gasteiger partial charge >= 0.3 is 5.97 Å². The van der Waals surface area contributed by atoms with Crippen LogP contribution in [0.3, 0.4) is 0 Å². The van der Waals surface area contributed by atoms with Gasteiger partial charge in [-0.2, -0.15) is 0 Å². The van der Waals surface area contributed by atoms with Crippen molar-refractivity contribution in [1.82, 2.24) is 0 Å². The van der Waals surface area contributed by atoms with Crippen LogP contribution in [0.4, 0.5) is 0 Å². The second-order valence-electron chi connectivity index (χ2n) is 6.18. The monoisotopic (exact) mass is 304 g/mol. The van der Waals surface area contributed by atoms with Crippen LogP contribution in [0.25, 0.3) is 0 Å². The van der Waals surface area contributed by atoms with Gasteiger partial charge in [0.15, 0.2) is 0 Å². The molecule has 1 spiro atoms. The molecule has 0 amide bonds. The molecule has 1 aromatic rings. The van der Waals surface area contributed by atoms with Crippen molar-refractivity contribution in [2.24, 2.45) is 0 Å². The van der Waals surface area contributed by atoms with Crippen molar-refractivity contribution >= 4 is 5.97 Å². The average molecular weight is 304 g/mol. The predicted octanol–water partition coefficient (Wildman–Crippen LogP) is 2.93.